The average Bonchev–Trinajstić information content (AvgIpc) is 3.02. The van der Waals surface area contributed by atoms with E-state index in [-0.39, 0.29) is 0 Å². The highest BCUT2D eigenvalue weighted by Crippen LogP contribution is 2.19. The molecule has 1 aliphatic carbocycles. The third-order valence-corrected chi connectivity index (χ3v) is 2.59. The Morgan fingerprint density at radius 3 is 3.19 bits per heavy atom. The third kappa shape index (κ3) is 3.83. The quantitative estimate of drug-likeness (QED) is 0.541. The molecule has 0 radical (unpaired) electrons. The highest BCUT2D eigenvalue weighted by atomic mass is 16.5. The first-order valence-electron chi connectivity index (χ1n) is 5.87. The molecule has 3 nitrogen and oxygen atoms in total. The summed E-state index contributed by atoms with van der Waals surface area (Å²) in [6.45, 7) is 5.81. The van der Waals surface area contributed by atoms with Gasteiger partial charge in [-0.1, -0.05) is 6.08 Å². The highest BCUT2D eigenvalue weighted by Gasteiger charge is 2.20. The average molecular weight is 221 g/mol. The van der Waals surface area contributed by atoms with E-state index in [0.29, 0.717) is 13.2 Å². The van der Waals surface area contributed by atoms with Crippen LogP contribution < -0.4 is 5.32 Å². The molecule has 0 atom stereocenters. The first-order chi connectivity index (χ1) is 7.88. The molecule has 0 aliphatic heterocycles. The molecule has 1 heterocycles. The SMILES string of the molecule is C=CCCOCc1cc(CNC2CC2)co1. The van der Waals surface area contributed by atoms with Gasteiger partial charge in [-0.15, -0.1) is 6.58 Å². The predicted molar refractivity (Wildman–Crippen MR) is 63.0 cm³/mol. The van der Waals surface area contributed by atoms with Crippen molar-refractivity contribution < 1.29 is 9.15 Å². The lowest BCUT2D eigenvalue weighted by Gasteiger charge is -1.98. The van der Waals surface area contributed by atoms with Gasteiger partial charge in [0.05, 0.1) is 12.9 Å². The molecule has 1 aromatic heterocycles. The van der Waals surface area contributed by atoms with Gasteiger partial charge in [0, 0.05) is 18.2 Å². The number of rotatable bonds is 8. The topological polar surface area (TPSA) is 34.4 Å². The van der Waals surface area contributed by atoms with Gasteiger partial charge >= 0.3 is 0 Å². The van der Waals surface area contributed by atoms with E-state index >= 15 is 0 Å². The molecule has 0 unspecified atom stereocenters. The summed E-state index contributed by atoms with van der Waals surface area (Å²) in [5, 5.41) is 3.45. The fraction of sp³-hybridized carbons (Fsp3) is 0.538. The second kappa shape index (κ2) is 5.87. The van der Waals surface area contributed by atoms with Crippen LogP contribution in [0.2, 0.25) is 0 Å². The summed E-state index contributed by atoms with van der Waals surface area (Å²) in [7, 11) is 0. The van der Waals surface area contributed by atoms with E-state index in [1.807, 2.05) is 12.3 Å². The van der Waals surface area contributed by atoms with Crippen LogP contribution in [-0.2, 0) is 17.9 Å². The van der Waals surface area contributed by atoms with E-state index in [4.69, 9.17) is 9.15 Å². The Morgan fingerprint density at radius 1 is 1.56 bits per heavy atom. The number of hydrogen-bond acceptors (Lipinski definition) is 3. The summed E-state index contributed by atoms with van der Waals surface area (Å²) < 4.78 is 10.8. The molecule has 0 amide bonds. The minimum absolute atomic E-state index is 0.553. The lowest BCUT2D eigenvalue weighted by molar-refractivity contribution is 0.110. The Balaban J connectivity index is 1.66. The molecule has 1 N–H and O–H groups in total. The van der Waals surface area contributed by atoms with Crippen molar-refractivity contribution in [2.45, 2.75) is 38.5 Å². The summed E-state index contributed by atoms with van der Waals surface area (Å²) in [4.78, 5) is 0. The molecule has 2 rings (SSSR count). The van der Waals surface area contributed by atoms with E-state index in [0.717, 1.165) is 24.8 Å². The minimum Gasteiger partial charge on any atom is -0.467 e. The molecule has 16 heavy (non-hydrogen) atoms. The smallest absolute Gasteiger partial charge is 0.129 e. The van der Waals surface area contributed by atoms with Crippen molar-refractivity contribution >= 4 is 0 Å². The normalized spacial score (nSPS) is 15.2. The van der Waals surface area contributed by atoms with Crippen LogP contribution in [0.1, 0.15) is 30.6 Å². The zero-order chi connectivity index (χ0) is 11.2. The van der Waals surface area contributed by atoms with E-state index < -0.39 is 0 Å². The van der Waals surface area contributed by atoms with Crippen molar-refractivity contribution in [3.05, 3.63) is 36.3 Å². The maximum atomic E-state index is 5.43. The minimum atomic E-state index is 0.553. The first kappa shape index (κ1) is 11.4. The van der Waals surface area contributed by atoms with Gasteiger partial charge in [-0.25, -0.2) is 0 Å². The van der Waals surface area contributed by atoms with Crippen molar-refractivity contribution in [3.8, 4) is 0 Å². The predicted octanol–water partition coefficient (Wildman–Crippen LogP) is 2.62. The van der Waals surface area contributed by atoms with Crippen LogP contribution in [0.3, 0.4) is 0 Å². The molecular weight excluding hydrogens is 202 g/mol. The van der Waals surface area contributed by atoms with Gasteiger partial charge in [-0.2, -0.15) is 0 Å². The monoisotopic (exact) mass is 221 g/mol. The highest BCUT2D eigenvalue weighted by molar-refractivity contribution is 5.12. The molecule has 0 aromatic carbocycles. The van der Waals surface area contributed by atoms with E-state index in [2.05, 4.69) is 18.0 Å². The molecule has 0 bridgehead atoms. The van der Waals surface area contributed by atoms with Crippen molar-refractivity contribution in [1.82, 2.24) is 5.32 Å². The van der Waals surface area contributed by atoms with E-state index in [1.54, 1.807) is 0 Å². The molecular formula is C13H19NO2. The summed E-state index contributed by atoms with van der Waals surface area (Å²) in [6.07, 6.45) is 7.18. The summed E-state index contributed by atoms with van der Waals surface area (Å²) in [5.41, 5.74) is 1.20. The first-order valence-corrected chi connectivity index (χ1v) is 5.87. The Kier molecular flexibility index (Phi) is 4.19. The lowest BCUT2D eigenvalue weighted by atomic mass is 10.3. The fourth-order valence-electron chi connectivity index (χ4n) is 1.48. The molecule has 1 fully saturated rings. The van der Waals surface area contributed by atoms with E-state index in [9.17, 15) is 0 Å². The van der Waals surface area contributed by atoms with Gasteiger partial charge in [-0.3, -0.25) is 0 Å². The Hall–Kier alpha value is -1.06. The van der Waals surface area contributed by atoms with Crippen molar-refractivity contribution in [1.29, 1.82) is 0 Å². The van der Waals surface area contributed by atoms with Crippen LogP contribution in [-0.4, -0.2) is 12.6 Å². The van der Waals surface area contributed by atoms with Gasteiger partial charge < -0.3 is 14.5 Å². The van der Waals surface area contributed by atoms with Crippen molar-refractivity contribution in [3.63, 3.8) is 0 Å². The molecule has 1 aromatic rings. The second-order valence-electron chi connectivity index (χ2n) is 4.21. The zero-order valence-corrected chi connectivity index (χ0v) is 9.58. The number of ether oxygens (including phenoxy) is 1. The molecule has 1 aliphatic rings. The molecule has 0 spiro atoms. The zero-order valence-electron chi connectivity index (χ0n) is 9.58. The van der Waals surface area contributed by atoms with E-state index in [1.165, 1.54) is 18.4 Å². The number of hydrogen-bond donors (Lipinski definition) is 1. The van der Waals surface area contributed by atoms with Gasteiger partial charge in [-0.05, 0) is 25.3 Å². The second-order valence-corrected chi connectivity index (χ2v) is 4.21. The molecule has 3 heteroatoms. The molecule has 0 saturated heterocycles. The Bertz CT molecular complexity index is 328. The standard InChI is InChI=1S/C13H19NO2/c1-2-3-6-15-10-13-7-11(9-16-13)8-14-12-4-5-12/h2,7,9,12,14H,1,3-6,8,10H2. The molecule has 88 valence electrons. The maximum Gasteiger partial charge on any atom is 0.129 e. The van der Waals surface area contributed by atoms with Crippen LogP contribution in [0, 0.1) is 0 Å². The van der Waals surface area contributed by atoms with Crippen LogP contribution >= 0.6 is 0 Å². The number of furan rings is 1. The van der Waals surface area contributed by atoms with Crippen molar-refractivity contribution in [2.24, 2.45) is 0 Å². The van der Waals surface area contributed by atoms with Crippen LogP contribution in [0.4, 0.5) is 0 Å². The van der Waals surface area contributed by atoms with Gasteiger partial charge in [0.25, 0.3) is 0 Å². The fourth-order valence-corrected chi connectivity index (χ4v) is 1.48. The summed E-state index contributed by atoms with van der Waals surface area (Å²) >= 11 is 0. The third-order valence-electron chi connectivity index (χ3n) is 2.59. The van der Waals surface area contributed by atoms with Crippen LogP contribution in [0.5, 0.6) is 0 Å². The Morgan fingerprint density at radius 2 is 2.44 bits per heavy atom. The van der Waals surface area contributed by atoms with Crippen LogP contribution in [0.25, 0.3) is 0 Å². The van der Waals surface area contributed by atoms with Gasteiger partial charge in [0.1, 0.15) is 12.4 Å². The lowest BCUT2D eigenvalue weighted by Crippen LogP contribution is -2.14. The Labute approximate surface area is 96.5 Å². The largest absolute Gasteiger partial charge is 0.467 e. The molecule has 1 saturated carbocycles. The van der Waals surface area contributed by atoms with Gasteiger partial charge in [0.2, 0.25) is 0 Å². The summed E-state index contributed by atoms with van der Waals surface area (Å²) in [5.74, 6) is 0.900. The van der Waals surface area contributed by atoms with Crippen molar-refractivity contribution in [2.75, 3.05) is 6.61 Å². The number of nitrogens with one attached hydrogen (secondary N) is 1. The van der Waals surface area contributed by atoms with Gasteiger partial charge in [0.15, 0.2) is 0 Å². The summed E-state index contributed by atoms with van der Waals surface area (Å²) in [6, 6.07) is 2.80. The maximum absolute atomic E-state index is 5.43. The van der Waals surface area contributed by atoms with Crippen LogP contribution in [0.15, 0.2) is 29.4 Å².